The third-order valence-corrected chi connectivity index (χ3v) is 2.08. The number of hydrogen-bond donors (Lipinski definition) is 1. The van der Waals surface area contributed by atoms with Gasteiger partial charge in [-0.2, -0.15) is 0 Å². The van der Waals surface area contributed by atoms with Gasteiger partial charge in [-0.05, 0) is 6.07 Å². The van der Waals surface area contributed by atoms with Gasteiger partial charge in [0, 0.05) is 5.56 Å². The van der Waals surface area contributed by atoms with Gasteiger partial charge in [-0.15, -0.1) is 0 Å². The molecular formula is C10H8O5. The largest absolute Gasteiger partial charge is 0.475 e. The fourth-order valence-electron chi connectivity index (χ4n) is 1.42. The molecular weight excluding hydrogens is 200 g/mol. The predicted molar refractivity (Wildman–Crippen MR) is 48.7 cm³/mol. The molecule has 0 saturated carbocycles. The summed E-state index contributed by atoms with van der Waals surface area (Å²) >= 11 is 0. The van der Waals surface area contributed by atoms with Crippen molar-refractivity contribution in [3.8, 4) is 5.75 Å². The van der Waals surface area contributed by atoms with Crippen LogP contribution in [-0.4, -0.2) is 23.7 Å². The third-order valence-electron chi connectivity index (χ3n) is 2.08. The first-order chi connectivity index (χ1) is 7.20. The van der Waals surface area contributed by atoms with Crippen molar-refractivity contribution < 1.29 is 24.2 Å². The van der Waals surface area contributed by atoms with Gasteiger partial charge in [-0.3, -0.25) is 4.79 Å². The maximum atomic E-state index is 11.3. The molecule has 0 fully saturated rings. The second kappa shape index (κ2) is 3.70. The molecule has 15 heavy (non-hydrogen) atoms. The number of carboxylic acids is 1. The maximum Gasteiger partial charge on any atom is 0.377 e. The van der Waals surface area contributed by atoms with Crippen molar-refractivity contribution in [3.05, 3.63) is 29.3 Å². The SMILES string of the molecule is O=C(O)C(=O)c1cccc2c1OCOC2. The van der Waals surface area contributed by atoms with E-state index in [4.69, 9.17) is 14.6 Å². The normalized spacial score (nSPS) is 13.9. The molecule has 1 aliphatic rings. The smallest absolute Gasteiger partial charge is 0.377 e. The quantitative estimate of drug-likeness (QED) is 0.575. The lowest BCUT2D eigenvalue weighted by Crippen LogP contribution is -2.18. The lowest BCUT2D eigenvalue weighted by atomic mass is 10.1. The fourth-order valence-corrected chi connectivity index (χ4v) is 1.42. The highest BCUT2D eigenvalue weighted by atomic mass is 16.7. The minimum absolute atomic E-state index is 0.0386. The number of aliphatic carboxylic acids is 1. The molecule has 0 aliphatic carbocycles. The molecule has 2 rings (SSSR count). The summed E-state index contributed by atoms with van der Waals surface area (Å²) in [6.45, 7) is 0.368. The van der Waals surface area contributed by atoms with Crippen LogP contribution in [0.1, 0.15) is 15.9 Å². The van der Waals surface area contributed by atoms with E-state index in [1.54, 1.807) is 12.1 Å². The minimum Gasteiger partial charge on any atom is -0.475 e. The first-order valence-electron chi connectivity index (χ1n) is 4.30. The van der Waals surface area contributed by atoms with Crippen LogP contribution in [0.3, 0.4) is 0 Å². The highest BCUT2D eigenvalue weighted by Crippen LogP contribution is 2.28. The summed E-state index contributed by atoms with van der Waals surface area (Å²) in [6, 6.07) is 4.76. The Morgan fingerprint density at radius 3 is 2.87 bits per heavy atom. The van der Waals surface area contributed by atoms with Gasteiger partial charge in [0.05, 0.1) is 12.2 Å². The molecule has 0 aromatic heterocycles. The van der Waals surface area contributed by atoms with Gasteiger partial charge in [0.25, 0.3) is 5.78 Å². The van der Waals surface area contributed by atoms with Crippen LogP contribution in [0.2, 0.25) is 0 Å². The highest BCUT2D eigenvalue weighted by Gasteiger charge is 2.23. The molecule has 0 saturated heterocycles. The summed E-state index contributed by atoms with van der Waals surface area (Å²) < 4.78 is 10.1. The lowest BCUT2D eigenvalue weighted by Gasteiger charge is -2.19. The van der Waals surface area contributed by atoms with Crippen molar-refractivity contribution in [2.24, 2.45) is 0 Å². The van der Waals surface area contributed by atoms with Gasteiger partial charge in [0.1, 0.15) is 5.75 Å². The van der Waals surface area contributed by atoms with Crippen LogP contribution in [0, 0.1) is 0 Å². The van der Waals surface area contributed by atoms with Gasteiger partial charge in [0.2, 0.25) is 0 Å². The number of carbonyl (C=O) groups is 2. The molecule has 0 bridgehead atoms. The first kappa shape index (κ1) is 9.67. The molecule has 1 N–H and O–H groups in total. The molecule has 0 radical (unpaired) electrons. The van der Waals surface area contributed by atoms with E-state index in [1.807, 2.05) is 0 Å². The average Bonchev–Trinajstić information content (AvgIpc) is 2.27. The molecule has 0 atom stereocenters. The number of carbonyl (C=O) groups excluding carboxylic acids is 1. The van der Waals surface area contributed by atoms with Gasteiger partial charge in [0.15, 0.2) is 6.79 Å². The summed E-state index contributed by atoms with van der Waals surface area (Å²) in [7, 11) is 0. The molecule has 1 aliphatic heterocycles. The van der Waals surface area contributed by atoms with Crippen LogP contribution < -0.4 is 4.74 Å². The van der Waals surface area contributed by atoms with E-state index in [2.05, 4.69) is 0 Å². The average molecular weight is 208 g/mol. The number of ether oxygens (including phenoxy) is 2. The second-order valence-corrected chi connectivity index (χ2v) is 3.04. The molecule has 0 spiro atoms. The Morgan fingerprint density at radius 2 is 2.13 bits per heavy atom. The van der Waals surface area contributed by atoms with Gasteiger partial charge in [-0.25, -0.2) is 4.79 Å². The van der Waals surface area contributed by atoms with E-state index in [-0.39, 0.29) is 12.4 Å². The Balaban J connectivity index is 2.48. The van der Waals surface area contributed by atoms with Gasteiger partial charge >= 0.3 is 5.97 Å². The van der Waals surface area contributed by atoms with Crippen LogP contribution in [0.5, 0.6) is 5.75 Å². The first-order valence-corrected chi connectivity index (χ1v) is 4.30. The van der Waals surface area contributed by atoms with Crippen molar-refractivity contribution in [1.82, 2.24) is 0 Å². The topological polar surface area (TPSA) is 72.8 Å². The van der Waals surface area contributed by atoms with Crippen molar-refractivity contribution in [1.29, 1.82) is 0 Å². The zero-order valence-corrected chi connectivity index (χ0v) is 7.73. The summed E-state index contributed by atoms with van der Waals surface area (Å²) in [5, 5.41) is 8.60. The molecule has 1 aromatic carbocycles. The van der Waals surface area contributed by atoms with Crippen LogP contribution in [0.4, 0.5) is 0 Å². The van der Waals surface area contributed by atoms with Crippen LogP contribution in [0.15, 0.2) is 18.2 Å². The second-order valence-electron chi connectivity index (χ2n) is 3.04. The summed E-state index contributed by atoms with van der Waals surface area (Å²) in [4.78, 5) is 21.8. The standard InChI is InChI=1S/C10H8O5/c11-8(10(12)13)7-3-1-2-6-4-14-5-15-9(6)7/h1-3H,4-5H2,(H,12,13). The number of ketones is 1. The molecule has 5 nitrogen and oxygen atoms in total. The Hall–Kier alpha value is -1.88. The molecule has 5 heteroatoms. The number of para-hydroxylation sites is 1. The van der Waals surface area contributed by atoms with E-state index in [0.29, 0.717) is 17.9 Å². The Bertz CT molecular complexity index is 424. The zero-order chi connectivity index (χ0) is 10.8. The number of rotatable bonds is 2. The van der Waals surface area contributed by atoms with E-state index in [1.165, 1.54) is 6.07 Å². The summed E-state index contributed by atoms with van der Waals surface area (Å²) in [6.07, 6.45) is 0. The number of benzene rings is 1. The van der Waals surface area contributed by atoms with E-state index >= 15 is 0 Å². The molecule has 0 amide bonds. The van der Waals surface area contributed by atoms with Crippen molar-refractivity contribution in [2.75, 3.05) is 6.79 Å². The number of carboxylic acid groups (broad SMARTS) is 1. The molecule has 1 heterocycles. The monoisotopic (exact) mass is 208 g/mol. The Labute approximate surface area is 85.2 Å². The Kier molecular flexibility index (Phi) is 2.39. The third kappa shape index (κ3) is 1.69. The molecule has 78 valence electrons. The van der Waals surface area contributed by atoms with Gasteiger partial charge < -0.3 is 14.6 Å². The van der Waals surface area contributed by atoms with Crippen LogP contribution in [-0.2, 0) is 16.1 Å². The number of fused-ring (bicyclic) bond motifs is 1. The van der Waals surface area contributed by atoms with Crippen LogP contribution in [0.25, 0.3) is 0 Å². The van der Waals surface area contributed by atoms with Crippen LogP contribution >= 0.6 is 0 Å². The molecule has 1 aromatic rings. The zero-order valence-electron chi connectivity index (χ0n) is 7.73. The van der Waals surface area contributed by atoms with Crippen molar-refractivity contribution in [2.45, 2.75) is 6.61 Å². The minimum atomic E-state index is -1.49. The fraction of sp³-hybridized carbons (Fsp3) is 0.200. The van der Waals surface area contributed by atoms with Gasteiger partial charge in [-0.1, -0.05) is 12.1 Å². The Morgan fingerprint density at radius 1 is 1.33 bits per heavy atom. The highest BCUT2D eigenvalue weighted by molar-refractivity contribution is 6.40. The predicted octanol–water partition coefficient (Wildman–Crippen LogP) is 0.820. The maximum absolute atomic E-state index is 11.3. The summed E-state index contributed by atoms with van der Waals surface area (Å²) in [5.41, 5.74) is 0.761. The van der Waals surface area contributed by atoms with E-state index in [9.17, 15) is 9.59 Å². The summed E-state index contributed by atoms with van der Waals surface area (Å²) in [5.74, 6) is -2.14. The lowest BCUT2D eigenvalue weighted by molar-refractivity contribution is -0.131. The number of Topliss-reactive ketones (excluding diaryl/α,β-unsaturated/α-hetero) is 1. The van der Waals surface area contributed by atoms with E-state index < -0.39 is 11.8 Å². The van der Waals surface area contributed by atoms with Crippen molar-refractivity contribution >= 4 is 11.8 Å². The molecule has 0 unspecified atom stereocenters. The van der Waals surface area contributed by atoms with Crippen molar-refractivity contribution in [3.63, 3.8) is 0 Å². The number of hydrogen-bond acceptors (Lipinski definition) is 4. The van der Waals surface area contributed by atoms with E-state index in [0.717, 1.165) is 0 Å².